The van der Waals surface area contributed by atoms with E-state index in [2.05, 4.69) is 128 Å². The van der Waals surface area contributed by atoms with E-state index in [1.54, 1.807) is 0 Å². The van der Waals surface area contributed by atoms with Crippen molar-refractivity contribution in [2.24, 2.45) is 0 Å². The maximum Gasteiger partial charge on any atom is 0.238 e. The molecule has 0 saturated heterocycles. The first-order chi connectivity index (χ1) is 26.7. The lowest BCUT2D eigenvalue weighted by Gasteiger charge is -2.11. The maximum absolute atomic E-state index is 5.24. The summed E-state index contributed by atoms with van der Waals surface area (Å²) in [6, 6.07) is 60.7. The van der Waals surface area contributed by atoms with E-state index in [0.717, 1.165) is 71.0 Å². The fraction of sp³-hybridized carbons (Fsp3) is 0.0213. The zero-order chi connectivity index (χ0) is 36.0. The molecule has 256 valence electrons. The highest BCUT2D eigenvalue weighted by molar-refractivity contribution is 9.10. The van der Waals surface area contributed by atoms with Crippen LogP contribution in [0.15, 0.2) is 180 Å². The molecule has 0 atom stereocenters. The molecule has 0 spiro atoms. The van der Waals surface area contributed by atoms with Crippen LogP contribution in [0.5, 0.6) is 0 Å². The van der Waals surface area contributed by atoms with Crippen molar-refractivity contribution in [2.75, 3.05) is 0 Å². The van der Waals surface area contributed by atoms with Crippen LogP contribution in [0.1, 0.15) is 5.56 Å². The molecule has 3 aromatic heterocycles. The first-order valence-electron chi connectivity index (χ1n) is 17.9. The average molecular weight is 760 g/mol. The van der Waals surface area contributed by atoms with Gasteiger partial charge >= 0.3 is 0 Å². The Kier molecular flexibility index (Phi) is 7.92. The summed E-state index contributed by atoms with van der Waals surface area (Å²) < 4.78 is 5.56. The third-order valence-electron chi connectivity index (χ3n) is 9.96. The van der Waals surface area contributed by atoms with Gasteiger partial charge in [-0.2, -0.15) is 9.97 Å². The maximum atomic E-state index is 5.24. The predicted molar refractivity (Wildman–Crippen MR) is 222 cm³/mol. The minimum absolute atomic E-state index is 0.576. The molecule has 0 N–H and O–H groups in total. The molecule has 0 aliphatic carbocycles. The van der Waals surface area contributed by atoms with Crippen molar-refractivity contribution >= 4 is 48.8 Å². The molecule has 54 heavy (non-hydrogen) atoms. The van der Waals surface area contributed by atoms with E-state index in [4.69, 9.17) is 19.9 Å². The molecule has 10 aromatic rings. The van der Waals surface area contributed by atoms with E-state index >= 15 is 0 Å². The standard InChI is InChI=1S/C47H31BrN6/c48-39-22-12-10-20-36(39)30-53-43-27-25-35(29-40(43)49-46(53)33-18-8-3-9-19-33)34-24-26-42-38(28-34)37-21-11-13-23-41(37)54(42)47-51-44(31-14-4-1-5-15-31)50-45(52-47)32-16-6-2-7-17-32/h1-29H,30H2. The van der Waals surface area contributed by atoms with Crippen molar-refractivity contribution in [2.45, 2.75) is 6.54 Å². The number of imidazole rings is 1. The molecule has 0 fully saturated rings. The van der Waals surface area contributed by atoms with Crippen LogP contribution in [-0.4, -0.2) is 29.1 Å². The van der Waals surface area contributed by atoms with Crippen LogP contribution in [0.25, 0.3) is 84.1 Å². The molecular weight excluding hydrogens is 728 g/mol. The number of rotatable bonds is 7. The smallest absolute Gasteiger partial charge is 0.238 e. The van der Waals surface area contributed by atoms with Gasteiger partial charge in [-0.25, -0.2) is 9.97 Å². The lowest BCUT2D eigenvalue weighted by molar-refractivity contribution is 0.831. The fourth-order valence-electron chi connectivity index (χ4n) is 7.34. The number of nitrogens with zero attached hydrogens (tertiary/aromatic N) is 6. The number of hydrogen-bond acceptors (Lipinski definition) is 4. The summed E-state index contributed by atoms with van der Waals surface area (Å²) in [5.74, 6) is 2.78. The summed E-state index contributed by atoms with van der Waals surface area (Å²) in [4.78, 5) is 20.3. The molecule has 0 radical (unpaired) electrons. The Bertz CT molecular complexity index is 2910. The van der Waals surface area contributed by atoms with Gasteiger partial charge in [0.25, 0.3) is 0 Å². The first kappa shape index (κ1) is 32.0. The van der Waals surface area contributed by atoms with Crippen LogP contribution in [-0.2, 0) is 6.54 Å². The first-order valence-corrected chi connectivity index (χ1v) is 18.7. The topological polar surface area (TPSA) is 61.4 Å². The summed E-state index contributed by atoms with van der Waals surface area (Å²) >= 11 is 3.76. The number of hydrogen-bond donors (Lipinski definition) is 0. The van der Waals surface area contributed by atoms with E-state index in [-0.39, 0.29) is 0 Å². The van der Waals surface area contributed by atoms with Crippen LogP contribution in [0, 0.1) is 0 Å². The Morgan fingerprint density at radius 2 is 0.981 bits per heavy atom. The van der Waals surface area contributed by atoms with Crippen LogP contribution >= 0.6 is 15.9 Å². The van der Waals surface area contributed by atoms with E-state index in [9.17, 15) is 0 Å². The average Bonchev–Trinajstić information content (AvgIpc) is 3.77. The highest BCUT2D eigenvalue weighted by atomic mass is 79.9. The Morgan fingerprint density at radius 3 is 1.67 bits per heavy atom. The highest BCUT2D eigenvalue weighted by Gasteiger charge is 2.19. The molecule has 0 unspecified atom stereocenters. The van der Waals surface area contributed by atoms with Crippen LogP contribution in [0.3, 0.4) is 0 Å². The largest absolute Gasteiger partial charge is 0.319 e. The molecule has 0 aliphatic rings. The van der Waals surface area contributed by atoms with Gasteiger partial charge in [0, 0.05) is 31.9 Å². The fourth-order valence-corrected chi connectivity index (χ4v) is 7.75. The third kappa shape index (κ3) is 5.66. The van der Waals surface area contributed by atoms with Crippen molar-refractivity contribution < 1.29 is 0 Å². The summed E-state index contributed by atoms with van der Waals surface area (Å²) in [6.07, 6.45) is 0. The minimum Gasteiger partial charge on any atom is -0.319 e. The molecule has 3 heterocycles. The Labute approximate surface area is 320 Å². The highest BCUT2D eigenvalue weighted by Crippen LogP contribution is 2.36. The second-order valence-corrected chi connectivity index (χ2v) is 14.1. The molecule has 0 aliphatic heterocycles. The van der Waals surface area contributed by atoms with Gasteiger partial charge in [0.1, 0.15) is 5.82 Å². The molecule has 7 aromatic carbocycles. The number of para-hydroxylation sites is 1. The van der Waals surface area contributed by atoms with Gasteiger partial charge in [0.05, 0.1) is 28.6 Å². The van der Waals surface area contributed by atoms with Crippen LogP contribution in [0.4, 0.5) is 0 Å². The quantitative estimate of drug-likeness (QED) is 0.162. The van der Waals surface area contributed by atoms with E-state index < -0.39 is 0 Å². The Balaban J connectivity index is 1.12. The van der Waals surface area contributed by atoms with E-state index in [1.165, 1.54) is 5.56 Å². The van der Waals surface area contributed by atoms with Gasteiger partial charge in [0.15, 0.2) is 11.6 Å². The Morgan fingerprint density at radius 1 is 0.426 bits per heavy atom. The number of fused-ring (bicyclic) bond motifs is 4. The molecule has 10 rings (SSSR count). The molecule has 0 amide bonds. The van der Waals surface area contributed by atoms with Gasteiger partial charge in [-0.3, -0.25) is 4.57 Å². The number of aromatic nitrogens is 6. The molecule has 0 saturated carbocycles. The zero-order valence-corrected chi connectivity index (χ0v) is 30.6. The van der Waals surface area contributed by atoms with Crippen molar-refractivity contribution in [3.8, 4) is 51.2 Å². The minimum atomic E-state index is 0.576. The molecule has 6 nitrogen and oxygen atoms in total. The summed E-state index contributed by atoms with van der Waals surface area (Å²) in [5, 5.41) is 2.25. The normalized spacial score (nSPS) is 11.5. The molecule has 7 heteroatoms. The third-order valence-corrected chi connectivity index (χ3v) is 10.7. The Hall–Kier alpha value is -6.70. The monoisotopic (exact) mass is 758 g/mol. The van der Waals surface area contributed by atoms with Gasteiger partial charge in [-0.05, 0) is 53.1 Å². The van der Waals surface area contributed by atoms with Crippen molar-refractivity contribution in [3.63, 3.8) is 0 Å². The van der Waals surface area contributed by atoms with Crippen molar-refractivity contribution in [3.05, 3.63) is 186 Å². The van der Waals surface area contributed by atoms with Gasteiger partial charge in [-0.1, -0.05) is 155 Å². The van der Waals surface area contributed by atoms with Gasteiger partial charge in [-0.15, -0.1) is 0 Å². The summed E-state index contributed by atoms with van der Waals surface area (Å²) in [5.41, 5.74) is 10.5. The summed E-state index contributed by atoms with van der Waals surface area (Å²) in [7, 11) is 0. The van der Waals surface area contributed by atoms with Crippen LogP contribution < -0.4 is 0 Å². The molecule has 0 bridgehead atoms. The second-order valence-electron chi connectivity index (χ2n) is 13.3. The predicted octanol–water partition coefficient (Wildman–Crippen LogP) is 11.8. The summed E-state index contributed by atoms with van der Waals surface area (Å²) in [6.45, 7) is 0.696. The van der Waals surface area contributed by atoms with Crippen LogP contribution in [0.2, 0.25) is 0 Å². The lowest BCUT2D eigenvalue weighted by Crippen LogP contribution is -2.06. The van der Waals surface area contributed by atoms with Crippen molar-refractivity contribution in [1.82, 2.24) is 29.1 Å². The lowest BCUT2D eigenvalue weighted by atomic mass is 10.0. The second kappa shape index (κ2) is 13.4. The number of benzene rings is 7. The zero-order valence-electron chi connectivity index (χ0n) is 29.0. The SMILES string of the molecule is Brc1ccccc1Cn1c(-c2ccccc2)nc2cc(-c3ccc4c(c3)c3ccccc3n4-c3nc(-c4ccccc4)nc(-c4ccccc4)n3)ccc21. The number of halogens is 1. The molecular formula is C47H31BrN6. The van der Waals surface area contributed by atoms with Gasteiger partial charge < -0.3 is 4.57 Å². The van der Waals surface area contributed by atoms with E-state index in [1.807, 2.05) is 72.8 Å². The van der Waals surface area contributed by atoms with Crippen molar-refractivity contribution in [1.29, 1.82) is 0 Å². The van der Waals surface area contributed by atoms with Gasteiger partial charge in [0.2, 0.25) is 5.95 Å². The van der Waals surface area contributed by atoms with E-state index in [0.29, 0.717) is 24.1 Å².